The largest absolute Gasteiger partial charge is 0.415 e. The van der Waals surface area contributed by atoms with Gasteiger partial charge < -0.3 is 20.9 Å². The molecule has 166 valence electrons. The maximum atomic E-state index is 14.9. The van der Waals surface area contributed by atoms with Crippen molar-refractivity contribution >= 4 is 22.6 Å². The molecule has 2 aromatic rings. The van der Waals surface area contributed by atoms with Crippen LogP contribution in [0, 0.1) is 18.7 Å². The van der Waals surface area contributed by atoms with E-state index in [9.17, 15) is 22.7 Å². The van der Waals surface area contributed by atoms with Crippen molar-refractivity contribution in [2.45, 2.75) is 31.0 Å². The molecule has 2 aliphatic rings. The number of aromatic nitrogens is 1. The SMILES string of the molecule is Cc1ccc(C(O)Nc2ccc(F)c(C34COC(C(F)(F)F)C3CSC(N)=N4)c2)nc1. The highest BCUT2D eigenvalue weighted by molar-refractivity contribution is 8.13. The van der Waals surface area contributed by atoms with E-state index in [4.69, 9.17) is 10.5 Å². The van der Waals surface area contributed by atoms with Crippen LogP contribution in [0.4, 0.5) is 23.2 Å². The highest BCUT2D eigenvalue weighted by Gasteiger charge is 2.61. The zero-order chi connectivity index (χ0) is 22.4. The number of fused-ring (bicyclic) bond motifs is 1. The van der Waals surface area contributed by atoms with Crippen LogP contribution in [0.3, 0.4) is 0 Å². The highest BCUT2D eigenvalue weighted by Crippen LogP contribution is 2.52. The normalized spacial score (nSPS) is 26.8. The summed E-state index contributed by atoms with van der Waals surface area (Å²) in [5.74, 6) is -1.88. The number of amidine groups is 1. The molecule has 6 nitrogen and oxygen atoms in total. The van der Waals surface area contributed by atoms with Crippen molar-refractivity contribution in [3.8, 4) is 0 Å². The number of pyridine rings is 1. The van der Waals surface area contributed by atoms with Crippen molar-refractivity contribution in [2.75, 3.05) is 17.7 Å². The molecule has 4 N–H and O–H groups in total. The average molecular weight is 456 g/mol. The summed E-state index contributed by atoms with van der Waals surface area (Å²) in [6.07, 6.45) is -6.31. The Morgan fingerprint density at radius 1 is 1.32 bits per heavy atom. The molecule has 1 saturated heterocycles. The van der Waals surface area contributed by atoms with Crippen LogP contribution in [0.2, 0.25) is 0 Å². The molecule has 4 rings (SSSR count). The third-order valence-corrected chi connectivity index (χ3v) is 6.37. The number of aliphatic hydroxyl groups excluding tert-OH is 1. The van der Waals surface area contributed by atoms with Crippen LogP contribution in [-0.4, -0.2) is 39.9 Å². The van der Waals surface area contributed by atoms with E-state index < -0.39 is 42.4 Å². The number of hydrogen-bond acceptors (Lipinski definition) is 7. The lowest BCUT2D eigenvalue weighted by molar-refractivity contribution is -0.215. The van der Waals surface area contributed by atoms with E-state index in [1.54, 1.807) is 18.3 Å². The standard InChI is InChI=1S/C20H20F4N4O2S/c1-10-2-5-15(26-7-10)17(29)27-11-3-4-14(21)12(6-11)19-9-30-16(20(22,23)24)13(19)8-31-18(25)28-19/h2-7,13,16-17,27,29H,8-9H2,1H3,(H2,25,28). The van der Waals surface area contributed by atoms with Gasteiger partial charge in [-0.1, -0.05) is 17.8 Å². The topological polar surface area (TPSA) is 92.8 Å². The van der Waals surface area contributed by atoms with Gasteiger partial charge in [0.1, 0.15) is 11.4 Å². The van der Waals surface area contributed by atoms with Crippen molar-refractivity contribution < 1.29 is 27.4 Å². The van der Waals surface area contributed by atoms with Crippen molar-refractivity contribution in [1.29, 1.82) is 0 Å². The molecule has 3 heterocycles. The van der Waals surface area contributed by atoms with Gasteiger partial charge in [0, 0.05) is 29.1 Å². The summed E-state index contributed by atoms with van der Waals surface area (Å²) in [6.45, 7) is 1.40. The fourth-order valence-electron chi connectivity index (χ4n) is 3.91. The van der Waals surface area contributed by atoms with Crippen LogP contribution >= 0.6 is 11.8 Å². The maximum Gasteiger partial charge on any atom is 0.415 e. The predicted molar refractivity (Wildman–Crippen MR) is 109 cm³/mol. The molecule has 0 aliphatic carbocycles. The number of aryl methyl sites for hydroxylation is 1. The van der Waals surface area contributed by atoms with Crippen molar-refractivity contribution in [3.63, 3.8) is 0 Å². The number of anilines is 1. The zero-order valence-corrected chi connectivity index (χ0v) is 17.2. The second kappa shape index (κ2) is 7.95. The summed E-state index contributed by atoms with van der Waals surface area (Å²) in [5, 5.41) is 13.3. The van der Waals surface area contributed by atoms with Crippen LogP contribution in [0.1, 0.15) is 23.0 Å². The molecule has 0 radical (unpaired) electrons. The Bertz CT molecular complexity index is 1000. The minimum absolute atomic E-state index is 0.00742. The lowest BCUT2D eigenvalue weighted by atomic mass is 9.78. The molecule has 31 heavy (non-hydrogen) atoms. The molecule has 1 aromatic heterocycles. The Morgan fingerprint density at radius 3 is 2.77 bits per heavy atom. The van der Waals surface area contributed by atoms with Gasteiger partial charge >= 0.3 is 6.18 Å². The first-order chi connectivity index (χ1) is 14.6. The first kappa shape index (κ1) is 21.8. The van der Waals surface area contributed by atoms with E-state index >= 15 is 0 Å². The third-order valence-electron chi connectivity index (χ3n) is 5.46. The summed E-state index contributed by atoms with van der Waals surface area (Å²) in [4.78, 5) is 8.38. The molecule has 4 unspecified atom stereocenters. The van der Waals surface area contributed by atoms with E-state index in [1.165, 1.54) is 12.1 Å². The number of thioether (sulfide) groups is 1. The lowest BCUT2D eigenvalue weighted by Crippen LogP contribution is -2.46. The molecular formula is C20H20F4N4O2S. The van der Waals surface area contributed by atoms with E-state index in [0.717, 1.165) is 23.4 Å². The van der Waals surface area contributed by atoms with Crippen LogP contribution < -0.4 is 11.1 Å². The van der Waals surface area contributed by atoms with Gasteiger partial charge in [0.2, 0.25) is 0 Å². The number of hydrogen-bond donors (Lipinski definition) is 3. The van der Waals surface area contributed by atoms with E-state index in [-0.39, 0.29) is 16.5 Å². The number of aliphatic hydroxyl groups is 1. The fourth-order valence-corrected chi connectivity index (χ4v) is 4.94. The predicted octanol–water partition coefficient (Wildman–Crippen LogP) is 3.47. The molecule has 1 fully saturated rings. The Kier molecular flexibility index (Phi) is 5.61. The average Bonchev–Trinajstić information content (AvgIpc) is 3.09. The van der Waals surface area contributed by atoms with E-state index in [2.05, 4.69) is 15.3 Å². The number of ether oxygens (including phenoxy) is 1. The van der Waals surface area contributed by atoms with Crippen LogP contribution in [0.25, 0.3) is 0 Å². The van der Waals surface area contributed by atoms with Crippen LogP contribution in [0.5, 0.6) is 0 Å². The van der Waals surface area contributed by atoms with Gasteiger partial charge in [0.25, 0.3) is 0 Å². The molecule has 1 aromatic carbocycles. The molecule has 0 amide bonds. The summed E-state index contributed by atoms with van der Waals surface area (Å²) in [6, 6.07) is 7.25. The zero-order valence-electron chi connectivity index (χ0n) is 16.4. The molecule has 0 bridgehead atoms. The first-order valence-corrected chi connectivity index (χ1v) is 10.4. The maximum absolute atomic E-state index is 14.9. The number of nitrogens with two attached hydrogens (primary N) is 1. The quantitative estimate of drug-likeness (QED) is 0.482. The van der Waals surface area contributed by atoms with Crippen molar-refractivity contribution in [3.05, 3.63) is 59.2 Å². The van der Waals surface area contributed by atoms with E-state index in [0.29, 0.717) is 11.4 Å². The summed E-state index contributed by atoms with van der Waals surface area (Å²) < 4.78 is 60.5. The third kappa shape index (κ3) is 4.09. The van der Waals surface area contributed by atoms with Crippen molar-refractivity contribution in [2.24, 2.45) is 16.6 Å². The summed E-state index contributed by atoms with van der Waals surface area (Å²) in [7, 11) is 0. The highest BCUT2D eigenvalue weighted by atomic mass is 32.2. The van der Waals surface area contributed by atoms with Gasteiger partial charge in [0.05, 0.1) is 12.3 Å². The van der Waals surface area contributed by atoms with Crippen LogP contribution in [0.15, 0.2) is 41.5 Å². The van der Waals surface area contributed by atoms with Crippen LogP contribution in [-0.2, 0) is 10.3 Å². The number of aliphatic imine (C=N–C) groups is 1. The number of benzene rings is 1. The smallest absolute Gasteiger partial charge is 0.379 e. The molecule has 0 spiro atoms. The van der Waals surface area contributed by atoms with Gasteiger partial charge in [-0.05, 0) is 36.8 Å². The minimum Gasteiger partial charge on any atom is -0.379 e. The lowest BCUT2D eigenvalue weighted by Gasteiger charge is -2.36. The number of alkyl halides is 3. The molecular weight excluding hydrogens is 436 g/mol. The van der Waals surface area contributed by atoms with Gasteiger partial charge in [-0.2, -0.15) is 13.2 Å². The molecule has 0 saturated carbocycles. The fraction of sp³-hybridized carbons (Fsp3) is 0.400. The van der Waals surface area contributed by atoms with Crippen molar-refractivity contribution in [1.82, 2.24) is 4.98 Å². The number of halogens is 4. The number of nitrogens with one attached hydrogen (secondary N) is 1. The monoisotopic (exact) mass is 456 g/mol. The summed E-state index contributed by atoms with van der Waals surface area (Å²) >= 11 is 0.988. The van der Waals surface area contributed by atoms with Gasteiger partial charge in [-0.15, -0.1) is 0 Å². The van der Waals surface area contributed by atoms with Gasteiger partial charge in [-0.25, -0.2) is 9.38 Å². The second-order valence-corrected chi connectivity index (χ2v) is 8.61. The Hall–Kier alpha value is -2.37. The number of rotatable bonds is 4. The number of nitrogens with zero attached hydrogens (tertiary/aromatic N) is 2. The molecule has 2 aliphatic heterocycles. The Morgan fingerprint density at radius 2 is 2.10 bits per heavy atom. The Labute approximate surface area is 179 Å². The Balaban J connectivity index is 1.70. The minimum atomic E-state index is -4.62. The van der Waals surface area contributed by atoms with E-state index in [1.807, 2.05) is 6.92 Å². The van der Waals surface area contributed by atoms with Gasteiger partial charge in [0.15, 0.2) is 17.5 Å². The molecule has 4 atom stereocenters. The second-order valence-electron chi connectivity index (χ2n) is 7.57. The summed E-state index contributed by atoms with van der Waals surface area (Å²) in [5.41, 5.74) is 5.68. The van der Waals surface area contributed by atoms with Gasteiger partial charge in [-0.3, -0.25) is 4.98 Å². The molecule has 11 heteroatoms. The first-order valence-electron chi connectivity index (χ1n) is 9.44.